The Kier molecular flexibility index (Phi) is 4.69. The number of carboxylic acids is 1. The number of carbonyl (C=O) groups excluding carboxylic acids is 1. The van der Waals surface area contributed by atoms with Gasteiger partial charge in [-0.2, -0.15) is 0 Å². The second-order valence-electron chi connectivity index (χ2n) is 4.45. The molecule has 1 heterocycles. The minimum Gasteiger partial charge on any atom is -0.478 e. The van der Waals surface area contributed by atoms with Gasteiger partial charge in [0.05, 0.1) is 11.1 Å². The zero-order valence-electron chi connectivity index (χ0n) is 11.9. The number of thioether (sulfide) groups is 1. The number of hydrogen-bond acceptors (Lipinski definition) is 4. The first kappa shape index (κ1) is 15.6. The molecule has 2 aromatic rings. The first-order valence-corrected chi connectivity index (χ1v) is 8.27. The number of aromatic carboxylic acids is 1. The zero-order valence-corrected chi connectivity index (χ0v) is 13.5. The topological polar surface area (TPSA) is 66.4 Å². The number of aryl methyl sites for hydroxylation is 1. The summed E-state index contributed by atoms with van der Waals surface area (Å²) in [5.74, 6) is -1.31. The molecule has 6 heteroatoms. The Hall–Kier alpha value is -1.79. The first-order chi connectivity index (χ1) is 9.95. The SMILES string of the molecule is CSc1ccccc1C(=O)Nc1sc(C)c(C)c1C(=O)O. The standard InChI is InChI=1S/C15H15NO3S2/c1-8-9(2)21-14(12(8)15(18)19)16-13(17)10-6-4-5-7-11(10)20-3/h4-7H,1-3H3,(H,16,17)(H,18,19). The van der Waals surface area contributed by atoms with E-state index in [1.807, 2.05) is 25.3 Å². The van der Waals surface area contributed by atoms with Crippen LogP contribution in [0, 0.1) is 13.8 Å². The third-order valence-corrected chi connectivity index (χ3v) is 5.10. The highest BCUT2D eigenvalue weighted by Crippen LogP contribution is 2.33. The van der Waals surface area contributed by atoms with Crippen LogP contribution in [-0.4, -0.2) is 23.2 Å². The highest BCUT2D eigenvalue weighted by Gasteiger charge is 2.21. The number of nitrogens with one attached hydrogen (secondary N) is 1. The van der Waals surface area contributed by atoms with Gasteiger partial charge in [0.2, 0.25) is 0 Å². The maximum atomic E-state index is 12.4. The van der Waals surface area contributed by atoms with Crippen molar-refractivity contribution in [1.82, 2.24) is 0 Å². The fraction of sp³-hybridized carbons (Fsp3) is 0.200. The van der Waals surface area contributed by atoms with Gasteiger partial charge >= 0.3 is 5.97 Å². The molecule has 0 spiro atoms. The number of amides is 1. The second-order valence-corrected chi connectivity index (χ2v) is 6.52. The van der Waals surface area contributed by atoms with E-state index in [4.69, 9.17) is 0 Å². The summed E-state index contributed by atoms with van der Waals surface area (Å²) in [6.45, 7) is 3.60. The molecule has 4 nitrogen and oxygen atoms in total. The summed E-state index contributed by atoms with van der Waals surface area (Å²) in [6.07, 6.45) is 1.90. The van der Waals surface area contributed by atoms with Crippen LogP contribution in [-0.2, 0) is 0 Å². The number of benzene rings is 1. The van der Waals surface area contributed by atoms with E-state index in [1.165, 1.54) is 23.1 Å². The van der Waals surface area contributed by atoms with Crippen LogP contribution in [0.25, 0.3) is 0 Å². The van der Waals surface area contributed by atoms with E-state index >= 15 is 0 Å². The molecule has 21 heavy (non-hydrogen) atoms. The normalized spacial score (nSPS) is 10.4. The maximum Gasteiger partial charge on any atom is 0.338 e. The molecule has 0 saturated carbocycles. The third kappa shape index (κ3) is 3.11. The molecule has 110 valence electrons. The summed E-state index contributed by atoms with van der Waals surface area (Å²) in [5.41, 5.74) is 1.42. The van der Waals surface area contributed by atoms with Gasteiger partial charge in [0.25, 0.3) is 5.91 Å². The van der Waals surface area contributed by atoms with Gasteiger partial charge in [-0.25, -0.2) is 4.79 Å². The lowest BCUT2D eigenvalue weighted by Crippen LogP contribution is -2.14. The van der Waals surface area contributed by atoms with Crippen LogP contribution in [0.4, 0.5) is 5.00 Å². The fourth-order valence-corrected chi connectivity index (χ4v) is 3.62. The van der Waals surface area contributed by atoms with Gasteiger partial charge in [-0.05, 0) is 37.8 Å². The van der Waals surface area contributed by atoms with Gasteiger partial charge in [-0.3, -0.25) is 4.79 Å². The number of carbonyl (C=O) groups is 2. The lowest BCUT2D eigenvalue weighted by molar-refractivity contribution is 0.0697. The van der Waals surface area contributed by atoms with Crippen LogP contribution in [0.15, 0.2) is 29.2 Å². The molecule has 1 amide bonds. The van der Waals surface area contributed by atoms with Crippen molar-refractivity contribution < 1.29 is 14.7 Å². The molecule has 0 fully saturated rings. The molecule has 0 radical (unpaired) electrons. The quantitative estimate of drug-likeness (QED) is 0.834. The van der Waals surface area contributed by atoms with Crippen LogP contribution in [0.2, 0.25) is 0 Å². The molecule has 0 atom stereocenters. The molecule has 0 aliphatic heterocycles. The second kappa shape index (κ2) is 6.32. The summed E-state index contributed by atoms with van der Waals surface area (Å²) in [5, 5.41) is 12.4. The average molecular weight is 321 g/mol. The van der Waals surface area contributed by atoms with Crippen LogP contribution >= 0.6 is 23.1 Å². The van der Waals surface area contributed by atoms with E-state index in [1.54, 1.807) is 19.1 Å². The molecule has 0 aliphatic rings. The zero-order chi connectivity index (χ0) is 15.6. The predicted octanol–water partition coefficient (Wildman–Crippen LogP) is 4.04. The Morgan fingerprint density at radius 3 is 2.52 bits per heavy atom. The Bertz CT molecular complexity index is 707. The highest BCUT2D eigenvalue weighted by atomic mass is 32.2. The number of thiophene rings is 1. The van der Waals surface area contributed by atoms with E-state index in [9.17, 15) is 14.7 Å². The van der Waals surface area contributed by atoms with Crippen molar-refractivity contribution in [3.8, 4) is 0 Å². The first-order valence-electron chi connectivity index (χ1n) is 6.23. The summed E-state index contributed by atoms with van der Waals surface area (Å²) in [4.78, 5) is 25.5. The minimum absolute atomic E-state index is 0.174. The van der Waals surface area contributed by atoms with E-state index in [0.717, 1.165) is 9.77 Å². The van der Waals surface area contributed by atoms with Crippen molar-refractivity contribution in [1.29, 1.82) is 0 Å². The van der Waals surface area contributed by atoms with Gasteiger partial charge in [-0.15, -0.1) is 23.1 Å². The highest BCUT2D eigenvalue weighted by molar-refractivity contribution is 7.98. The van der Waals surface area contributed by atoms with E-state index in [0.29, 0.717) is 16.1 Å². The third-order valence-electron chi connectivity index (χ3n) is 3.18. The Balaban J connectivity index is 2.36. The molecule has 2 N–H and O–H groups in total. The van der Waals surface area contributed by atoms with Gasteiger partial charge in [-0.1, -0.05) is 12.1 Å². The molecule has 0 saturated heterocycles. The maximum absolute atomic E-state index is 12.4. The smallest absolute Gasteiger partial charge is 0.338 e. The van der Waals surface area contributed by atoms with Crippen LogP contribution < -0.4 is 5.32 Å². The monoisotopic (exact) mass is 321 g/mol. The van der Waals surface area contributed by atoms with E-state index in [2.05, 4.69) is 5.32 Å². The molecule has 0 aliphatic carbocycles. The molecular weight excluding hydrogens is 306 g/mol. The minimum atomic E-state index is -1.02. The molecule has 1 aromatic carbocycles. The fourth-order valence-electron chi connectivity index (χ4n) is 1.98. The van der Waals surface area contributed by atoms with Crippen molar-refractivity contribution in [3.63, 3.8) is 0 Å². The summed E-state index contributed by atoms with van der Waals surface area (Å²) < 4.78 is 0. The van der Waals surface area contributed by atoms with Crippen molar-refractivity contribution in [2.45, 2.75) is 18.7 Å². The summed E-state index contributed by atoms with van der Waals surface area (Å²) >= 11 is 2.77. The van der Waals surface area contributed by atoms with Gasteiger partial charge in [0.15, 0.2) is 0 Å². The van der Waals surface area contributed by atoms with Gasteiger partial charge in [0.1, 0.15) is 5.00 Å². The lowest BCUT2D eigenvalue weighted by Gasteiger charge is -2.08. The van der Waals surface area contributed by atoms with Gasteiger partial charge in [0, 0.05) is 9.77 Å². The summed E-state index contributed by atoms with van der Waals surface area (Å²) in [7, 11) is 0. The van der Waals surface area contributed by atoms with E-state index in [-0.39, 0.29) is 11.5 Å². The molecular formula is C15H15NO3S2. The van der Waals surface area contributed by atoms with Crippen LogP contribution in [0.1, 0.15) is 31.2 Å². The predicted molar refractivity (Wildman–Crippen MR) is 86.9 cm³/mol. The molecule has 1 aromatic heterocycles. The molecule has 0 unspecified atom stereocenters. The molecule has 0 bridgehead atoms. The van der Waals surface area contributed by atoms with Crippen molar-refractivity contribution in [3.05, 3.63) is 45.8 Å². The molecule has 2 rings (SSSR count). The Labute approximate surface area is 131 Å². The number of rotatable bonds is 4. The number of carboxylic acid groups (broad SMARTS) is 1. The van der Waals surface area contributed by atoms with Gasteiger partial charge < -0.3 is 10.4 Å². The largest absolute Gasteiger partial charge is 0.478 e. The van der Waals surface area contributed by atoms with Crippen molar-refractivity contribution in [2.75, 3.05) is 11.6 Å². The van der Waals surface area contributed by atoms with Crippen molar-refractivity contribution >= 4 is 40.0 Å². The number of anilines is 1. The number of hydrogen-bond donors (Lipinski definition) is 2. The van der Waals surface area contributed by atoms with Crippen molar-refractivity contribution in [2.24, 2.45) is 0 Å². The average Bonchev–Trinajstić information content (AvgIpc) is 2.73. The van der Waals surface area contributed by atoms with Crippen LogP contribution in [0.3, 0.4) is 0 Å². The Morgan fingerprint density at radius 2 is 1.90 bits per heavy atom. The lowest BCUT2D eigenvalue weighted by atomic mass is 10.1. The summed E-state index contributed by atoms with van der Waals surface area (Å²) in [6, 6.07) is 7.25. The van der Waals surface area contributed by atoms with Crippen LogP contribution in [0.5, 0.6) is 0 Å². The van der Waals surface area contributed by atoms with E-state index < -0.39 is 5.97 Å². The Morgan fingerprint density at radius 1 is 1.24 bits per heavy atom.